The molecule has 0 heterocycles. The standard InChI is InChI=1S/4C5H5.2Fe.HI/c4*1-2-4-5-3-1;;;/h4*1-5H;;;1H/q-5;3*-1;;;. The molecular formula is C20H21Fe2I-8. The number of hydrogen-bond donors (Lipinski definition) is 0. The molecule has 0 unspecified atom stereocenters. The summed E-state index contributed by atoms with van der Waals surface area (Å²) in [6.45, 7) is 0. The normalized spacial score (nSPS) is 6.96. The van der Waals surface area contributed by atoms with E-state index in [1.807, 2.05) is 121 Å². The van der Waals surface area contributed by atoms with Gasteiger partial charge in [0.2, 0.25) is 0 Å². The Labute approximate surface area is 178 Å². The van der Waals surface area contributed by atoms with Crippen LogP contribution in [0.5, 0.6) is 0 Å². The Morgan fingerprint density at radius 2 is 0.522 bits per heavy atom. The molecule has 23 heavy (non-hydrogen) atoms. The van der Waals surface area contributed by atoms with Gasteiger partial charge in [-0.05, 0) is 0 Å². The first kappa shape index (κ1) is 27.0. The second-order valence-electron chi connectivity index (χ2n) is 3.85. The fraction of sp³-hybridized carbons (Fsp3) is 0. The number of hydrogen-bond acceptors (Lipinski definition) is 0. The van der Waals surface area contributed by atoms with Gasteiger partial charge in [-0.2, -0.15) is 54.6 Å². The molecule has 0 bridgehead atoms. The Balaban J connectivity index is -0.000000222. The molecule has 4 rings (SSSR count). The van der Waals surface area contributed by atoms with E-state index < -0.39 is 0 Å². The Morgan fingerprint density at radius 3 is 0.609 bits per heavy atom. The van der Waals surface area contributed by atoms with Crippen molar-refractivity contribution in [1.82, 2.24) is 0 Å². The van der Waals surface area contributed by atoms with Crippen molar-refractivity contribution in [2.45, 2.75) is 0 Å². The van der Waals surface area contributed by atoms with Gasteiger partial charge in [0.15, 0.2) is 0 Å². The van der Waals surface area contributed by atoms with E-state index in [0.717, 1.165) is 0 Å². The van der Waals surface area contributed by atoms with Gasteiger partial charge >= 0.3 is 0 Å². The predicted octanol–water partition coefficient (Wildman–Crippen LogP) is 6.24. The maximum atomic E-state index is 2.00. The molecule has 0 fully saturated rings. The minimum atomic E-state index is 0. The fourth-order valence-electron chi connectivity index (χ4n) is 1.28. The molecular weight excluding hydrogens is 479 g/mol. The van der Waals surface area contributed by atoms with Crippen LogP contribution in [0, 0.1) is 0 Å². The van der Waals surface area contributed by atoms with E-state index in [-0.39, 0.29) is 58.1 Å². The van der Waals surface area contributed by atoms with Crippen LogP contribution in [0.15, 0.2) is 121 Å². The van der Waals surface area contributed by atoms with Gasteiger partial charge in [0.1, 0.15) is 0 Å². The molecule has 0 amide bonds. The monoisotopic (exact) mass is 500 g/mol. The predicted molar refractivity (Wildman–Crippen MR) is 104 cm³/mol. The smallest absolute Gasteiger partial charge is 0 e. The summed E-state index contributed by atoms with van der Waals surface area (Å²) in [4.78, 5) is 0. The van der Waals surface area contributed by atoms with E-state index in [9.17, 15) is 0 Å². The van der Waals surface area contributed by atoms with Crippen LogP contribution in [0.25, 0.3) is 0 Å². The zero-order valence-corrected chi connectivity index (χ0v) is 17.2. The third kappa shape index (κ3) is 21.2. The molecule has 0 aromatic heterocycles. The summed E-state index contributed by atoms with van der Waals surface area (Å²) < 4.78 is 0. The molecule has 0 atom stereocenters. The van der Waals surface area contributed by atoms with Gasteiger partial charge in [-0.1, -0.05) is 0 Å². The first-order valence-corrected chi connectivity index (χ1v) is 6.67. The molecule has 0 N–H and O–H groups in total. The van der Waals surface area contributed by atoms with Crippen molar-refractivity contribution in [2.75, 3.05) is 0 Å². The SMILES string of the molecule is I.[Fe].[Fe].[cH-]1[cH-][cH-][cH-][cH-]1.c1cc[cH-]c1.c1cc[cH-]c1.c1cc[cH-]c1. The topological polar surface area (TPSA) is 0 Å². The summed E-state index contributed by atoms with van der Waals surface area (Å²) in [5.41, 5.74) is 0. The largest absolute Gasteiger partial charge is 0.748 e. The van der Waals surface area contributed by atoms with Gasteiger partial charge in [0.05, 0.1) is 0 Å². The van der Waals surface area contributed by atoms with E-state index in [4.69, 9.17) is 0 Å². The zero-order valence-electron chi connectivity index (χ0n) is 12.7. The molecule has 0 nitrogen and oxygen atoms in total. The maximum absolute atomic E-state index is 2.00. The van der Waals surface area contributed by atoms with Crippen molar-refractivity contribution in [2.24, 2.45) is 0 Å². The quantitative estimate of drug-likeness (QED) is 0.153. The molecule has 0 aliphatic rings. The first-order valence-electron chi connectivity index (χ1n) is 6.67. The van der Waals surface area contributed by atoms with Gasteiger partial charge < -0.3 is 30.3 Å². The summed E-state index contributed by atoms with van der Waals surface area (Å²) in [6.07, 6.45) is 0. The molecule has 0 aliphatic heterocycles. The second kappa shape index (κ2) is 23.4. The van der Waals surface area contributed by atoms with Crippen molar-refractivity contribution in [3.8, 4) is 0 Å². The van der Waals surface area contributed by atoms with Crippen molar-refractivity contribution in [1.29, 1.82) is 0 Å². The Kier molecular flexibility index (Phi) is 27.5. The van der Waals surface area contributed by atoms with Crippen molar-refractivity contribution < 1.29 is 34.1 Å². The van der Waals surface area contributed by atoms with E-state index in [1.165, 1.54) is 0 Å². The van der Waals surface area contributed by atoms with Crippen molar-refractivity contribution in [3.05, 3.63) is 121 Å². The summed E-state index contributed by atoms with van der Waals surface area (Å²) in [6, 6.07) is 40.0. The Hall–Kier alpha value is -0.831. The van der Waals surface area contributed by atoms with Crippen molar-refractivity contribution >= 4 is 24.0 Å². The second-order valence-corrected chi connectivity index (χ2v) is 3.85. The molecule has 0 spiro atoms. The molecule has 0 saturated carbocycles. The van der Waals surface area contributed by atoms with Crippen LogP contribution in [0.4, 0.5) is 0 Å². The van der Waals surface area contributed by atoms with Gasteiger partial charge in [0, 0.05) is 34.1 Å². The van der Waals surface area contributed by atoms with Crippen molar-refractivity contribution in [3.63, 3.8) is 0 Å². The Morgan fingerprint density at radius 1 is 0.348 bits per heavy atom. The minimum Gasteiger partial charge on any atom is -0.748 e. The average molecular weight is 500 g/mol. The van der Waals surface area contributed by atoms with Gasteiger partial charge in [-0.15, -0.1) is 24.0 Å². The average Bonchev–Trinajstić information content (AvgIpc) is 3.40. The third-order valence-electron chi connectivity index (χ3n) is 2.22. The maximum Gasteiger partial charge on any atom is 0 e. The molecule has 4 aromatic rings. The number of rotatable bonds is 0. The summed E-state index contributed by atoms with van der Waals surface area (Å²) >= 11 is 0. The van der Waals surface area contributed by atoms with Gasteiger partial charge in [0.25, 0.3) is 0 Å². The summed E-state index contributed by atoms with van der Waals surface area (Å²) in [5, 5.41) is 0. The van der Waals surface area contributed by atoms with Crippen LogP contribution in [0.3, 0.4) is 0 Å². The molecule has 0 aliphatic carbocycles. The van der Waals surface area contributed by atoms with E-state index >= 15 is 0 Å². The molecule has 0 saturated heterocycles. The van der Waals surface area contributed by atoms with Crippen LogP contribution < -0.4 is 0 Å². The molecule has 132 valence electrons. The summed E-state index contributed by atoms with van der Waals surface area (Å²) in [5.74, 6) is 0. The molecule has 4 aromatic carbocycles. The minimum absolute atomic E-state index is 0. The van der Waals surface area contributed by atoms with E-state index in [0.29, 0.717) is 0 Å². The van der Waals surface area contributed by atoms with Gasteiger partial charge in [-0.25, -0.2) is 36.4 Å². The van der Waals surface area contributed by atoms with Gasteiger partial charge in [-0.3, -0.25) is 0 Å². The molecule has 3 heteroatoms. The Bertz CT molecular complexity index is 347. The fourth-order valence-corrected chi connectivity index (χ4v) is 1.28. The van der Waals surface area contributed by atoms with Crippen LogP contribution in [-0.2, 0) is 34.1 Å². The van der Waals surface area contributed by atoms with Crippen LogP contribution in [0.2, 0.25) is 0 Å². The zero-order chi connectivity index (χ0) is 14.1. The van der Waals surface area contributed by atoms with E-state index in [1.54, 1.807) is 0 Å². The van der Waals surface area contributed by atoms with E-state index in [2.05, 4.69) is 0 Å². The number of halogens is 1. The van der Waals surface area contributed by atoms with Crippen LogP contribution in [0.1, 0.15) is 0 Å². The first-order chi connectivity index (χ1) is 10.0. The van der Waals surface area contributed by atoms with Crippen LogP contribution in [-0.4, -0.2) is 0 Å². The van der Waals surface area contributed by atoms with Crippen LogP contribution >= 0.6 is 24.0 Å². The molecule has 0 radical (unpaired) electrons. The third-order valence-corrected chi connectivity index (χ3v) is 2.22. The summed E-state index contributed by atoms with van der Waals surface area (Å²) in [7, 11) is 0.